The first kappa shape index (κ1) is 10.9. The zero-order chi connectivity index (χ0) is 10.6. The second-order valence-corrected chi connectivity index (χ2v) is 6.83. The molecule has 0 saturated heterocycles. The molecule has 0 aliphatic carbocycles. The molecule has 0 bridgehead atoms. The van der Waals surface area contributed by atoms with E-state index < -0.39 is 8.32 Å². The van der Waals surface area contributed by atoms with Crippen LogP contribution in [0.15, 0.2) is 30.3 Å². The van der Waals surface area contributed by atoms with E-state index in [2.05, 4.69) is 0 Å². The summed E-state index contributed by atoms with van der Waals surface area (Å²) in [5, 5.41) is 0.876. The molecule has 76 valence electrons. The average molecular weight is 210 g/mol. The van der Waals surface area contributed by atoms with Crippen LogP contribution < -0.4 is 5.19 Å². The fourth-order valence-electron chi connectivity index (χ4n) is 1.12. The molecule has 0 amide bonds. The number of ether oxygens (including phenoxy) is 1. The highest BCUT2D eigenvalue weighted by Gasteiger charge is 2.28. The van der Waals surface area contributed by atoms with Crippen molar-refractivity contribution in [1.82, 2.24) is 0 Å². The van der Waals surface area contributed by atoms with Gasteiger partial charge in [-0.05, 0) is 11.7 Å². The maximum absolute atomic E-state index is 10.6. The van der Waals surface area contributed by atoms with Gasteiger partial charge in [0.25, 0.3) is 8.32 Å². The van der Waals surface area contributed by atoms with Crippen molar-refractivity contribution >= 4 is 19.5 Å². The molecule has 0 fully saturated rings. The second kappa shape index (κ2) is 4.39. The highest BCUT2D eigenvalue weighted by Crippen LogP contribution is 2.00. The van der Waals surface area contributed by atoms with Crippen LogP contribution in [0.2, 0.25) is 6.55 Å². The maximum atomic E-state index is 10.6. The van der Waals surface area contributed by atoms with E-state index in [-0.39, 0.29) is 12.2 Å². The first-order valence-corrected chi connectivity index (χ1v) is 7.09. The van der Waals surface area contributed by atoms with Crippen LogP contribution in [0.4, 0.5) is 0 Å². The Morgan fingerprint density at radius 3 is 2.50 bits per heavy atom. The van der Waals surface area contributed by atoms with Gasteiger partial charge in [-0.15, -0.1) is 0 Å². The Hall–Kier alpha value is -1.13. The van der Waals surface area contributed by atoms with Crippen LogP contribution >= 0.6 is 0 Å². The lowest BCUT2D eigenvalue weighted by Gasteiger charge is -2.19. The number of esters is 1. The van der Waals surface area contributed by atoms with Crippen molar-refractivity contribution < 1.29 is 14.3 Å². The Morgan fingerprint density at radius 2 is 2.00 bits per heavy atom. The van der Waals surface area contributed by atoms with Crippen LogP contribution in [0.25, 0.3) is 0 Å². The van der Waals surface area contributed by atoms with E-state index >= 15 is 0 Å². The first-order chi connectivity index (χ1) is 6.52. The van der Waals surface area contributed by atoms with Crippen LogP contribution in [0.5, 0.6) is 0 Å². The minimum absolute atomic E-state index is 0.117. The third-order valence-electron chi connectivity index (χ3n) is 1.95. The Labute approximate surface area is 84.5 Å². The Bertz CT molecular complexity index is 308. The summed E-state index contributed by atoms with van der Waals surface area (Å²) < 4.78 is 4.83. The van der Waals surface area contributed by atoms with Gasteiger partial charge in [0, 0.05) is 6.92 Å². The molecule has 1 N–H and O–H groups in total. The van der Waals surface area contributed by atoms with Crippen molar-refractivity contribution in [2.45, 2.75) is 13.5 Å². The molecule has 1 atom stereocenters. The molecule has 14 heavy (non-hydrogen) atoms. The molecule has 0 spiro atoms. The van der Waals surface area contributed by atoms with Crippen LogP contribution in [-0.4, -0.2) is 25.3 Å². The number of carbonyl (C=O) groups excluding carboxylic acids is 1. The summed E-state index contributed by atoms with van der Waals surface area (Å²) in [4.78, 5) is 20.7. The highest BCUT2D eigenvalue weighted by atomic mass is 28.4. The summed E-state index contributed by atoms with van der Waals surface area (Å²) >= 11 is 0. The molecule has 0 radical (unpaired) electrons. The lowest BCUT2D eigenvalue weighted by molar-refractivity contribution is -0.139. The number of benzene rings is 1. The lowest BCUT2D eigenvalue weighted by Crippen LogP contribution is -2.50. The van der Waals surface area contributed by atoms with Gasteiger partial charge in [-0.25, -0.2) is 0 Å². The summed E-state index contributed by atoms with van der Waals surface area (Å²) in [6, 6.07) is 9.33. The van der Waals surface area contributed by atoms with Gasteiger partial charge >= 0.3 is 5.97 Å². The van der Waals surface area contributed by atoms with Crippen LogP contribution in [0.3, 0.4) is 0 Å². The van der Waals surface area contributed by atoms with Gasteiger partial charge in [-0.1, -0.05) is 30.3 Å². The lowest BCUT2D eigenvalue weighted by atomic mass is 10.4. The van der Waals surface area contributed by atoms with Crippen molar-refractivity contribution in [2.75, 3.05) is 6.23 Å². The standard InChI is InChI=1S/C10H14O3Si/c1-9(11)13-8-14(2,12)10-6-4-3-5-7-10/h3-7,12H,8H2,1-2H3. The fourth-order valence-corrected chi connectivity index (χ4v) is 2.68. The van der Waals surface area contributed by atoms with Crippen molar-refractivity contribution in [3.63, 3.8) is 0 Å². The van der Waals surface area contributed by atoms with E-state index in [1.54, 1.807) is 6.55 Å². The molecule has 0 aliphatic heterocycles. The van der Waals surface area contributed by atoms with E-state index in [9.17, 15) is 9.59 Å². The molecular weight excluding hydrogens is 196 g/mol. The normalized spacial score (nSPS) is 14.5. The highest BCUT2D eigenvalue weighted by molar-refractivity contribution is 6.84. The number of hydrogen-bond donors (Lipinski definition) is 1. The average Bonchev–Trinajstić information content (AvgIpc) is 2.16. The predicted molar refractivity (Wildman–Crippen MR) is 56.5 cm³/mol. The van der Waals surface area contributed by atoms with Crippen molar-refractivity contribution in [2.24, 2.45) is 0 Å². The molecule has 0 aromatic heterocycles. The van der Waals surface area contributed by atoms with Gasteiger partial charge in [0.2, 0.25) is 0 Å². The van der Waals surface area contributed by atoms with Crippen LogP contribution in [0.1, 0.15) is 6.92 Å². The van der Waals surface area contributed by atoms with Crippen molar-refractivity contribution in [3.8, 4) is 0 Å². The minimum Gasteiger partial charge on any atom is -0.466 e. The van der Waals surface area contributed by atoms with E-state index in [1.807, 2.05) is 30.3 Å². The minimum atomic E-state index is -2.59. The number of rotatable bonds is 3. The van der Waals surface area contributed by atoms with E-state index in [0.29, 0.717) is 0 Å². The maximum Gasteiger partial charge on any atom is 0.302 e. The summed E-state index contributed by atoms with van der Waals surface area (Å²) in [5.41, 5.74) is 0. The molecule has 0 saturated carbocycles. The SMILES string of the molecule is CC(=O)OC[Si](C)(O)c1ccccc1. The summed E-state index contributed by atoms with van der Waals surface area (Å²) in [5.74, 6) is -0.353. The Kier molecular flexibility index (Phi) is 3.43. The Morgan fingerprint density at radius 1 is 1.43 bits per heavy atom. The van der Waals surface area contributed by atoms with E-state index in [0.717, 1.165) is 5.19 Å². The predicted octanol–water partition coefficient (Wildman–Crippen LogP) is 0.563. The molecule has 1 aromatic carbocycles. The fraction of sp³-hybridized carbons (Fsp3) is 0.300. The summed E-state index contributed by atoms with van der Waals surface area (Å²) in [6.07, 6.45) is 0.117. The largest absolute Gasteiger partial charge is 0.466 e. The van der Waals surface area contributed by atoms with Crippen molar-refractivity contribution in [1.29, 1.82) is 0 Å². The smallest absolute Gasteiger partial charge is 0.302 e. The van der Waals surface area contributed by atoms with Crippen LogP contribution in [-0.2, 0) is 9.53 Å². The second-order valence-electron chi connectivity index (χ2n) is 3.42. The molecule has 1 rings (SSSR count). The molecule has 1 unspecified atom stereocenters. The summed E-state index contributed by atoms with van der Waals surface area (Å²) in [6.45, 7) is 3.10. The molecule has 3 nitrogen and oxygen atoms in total. The topological polar surface area (TPSA) is 46.5 Å². The number of hydrogen-bond acceptors (Lipinski definition) is 3. The van der Waals surface area contributed by atoms with Gasteiger partial charge in [-0.2, -0.15) is 0 Å². The van der Waals surface area contributed by atoms with Gasteiger partial charge in [0.15, 0.2) is 0 Å². The molecule has 0 aliphatic rings. The Balaban J connectivity index is 2.70. The molecule has 0 heterocycles. The zero-order valence-electron chi connectivity index (χ0n) is 8.36. The van der Waals surface area contributed by atoms with Crippen molar-refractivity contribution in [3.05, 3.63) is 30.3 Å². The van der Waals surface area contributed by atoms with Gasteiger partial charge < -0.3 is 9.53 Å². The molecule has 4 heteroatoms. The third-order valence-corrected chi connectivity index (χ3v) is 4.24. The third kappa shape index (κ3) is 2.97. The zero-order valence-corrected chi connectivity index (χ0v) is 9.36. The first-order valence-electron chi connectivity index (χ1n) is 4.43. The molecular formula is C10H14O3Si. The monoisotopic (exact) mass is 210 g/mol. The van der Waals surface area contributed by atoms with Gasteiger partial charge in [0.1, 0.15) is 6.23 Å². The summed E-state index contributed by atoms with van der Waals surface area (Å²) in [7, 11) is -2.59. The molecule has 1 aromatic rings. The van der Waals surface area contributed by atoms with Gasteiger partial charge in [-0.3, -0.25) is 4.79 Å². The van der Waals surface area contributed by atoms with E-state index in [4.69, 9.17) is 4.74 Å². The van der Waals surface area contributed by atoms with E-state index in [1.165, 1.54) is 6.92 Å². The quantitative estimate of drug-likeness (QED) is 0.586. The van der Waals surface area contributed by atoms with Crippen LogP contribution in [0, 0.1) is 0 Å². The number of carbonyl (C=O) groups is 1. The van der Waals surface area contributed by atoms with Gasteiger partial charge in [0.05, 0.1) is 0 Å².